The summed E-state index contributed by atoms with van der Waals surface area (Å²) in [7, 11) is 1.60. The highest BCUT2D eigenvalue weighted by Gasteiger charge is 2.22. The summed E-state index contributed by atoms with van der Waals surface area (Å²) in [5.41, 5.74) is 0.915. The number of carbonyl (C=O) groups is 2. The van der Waals surface area contributed by atoms with Crippen LogP contribution >= 0.6 is 0 Å². The van der Waals surface area contributed by atoms with Gasteiger partial charge in [-0.15, -0.1) is 0 Å². The highest BCUT2D eigenvalue weighted by molar-refractivity contribution is 6.35. The van der Waals surface area contributed by atoms with Crippen LogP contribution < -0.4 is 15.4 Å². The van der Waals surface area contributed by atoms with Crippen LogP contribution in [0.15, 0.2) is 47.1 Å². The van der Waals surface area contributed by atoms with Crippen molar-refractivity contribution >= 4 is 11.8 Å². The van der Waals surface area contributed by atoms with E-state index in [1.54, 1.807) is 19.2 Å². The Labute approximate surface area is 141 Å². The van der Waals surface area contributed by atoms with Gasteiger partial charge in [-0.3, -0.25) is 9.59 Å². The Hall–Kier alpha value is -2.76. The van der Waals surface area contributed by atoms with Crippen molar-refractivity contribution in [2.75, 3.05) is 7.11 Å². The van der Waals surface area contributed by atoms with Crippen molar-refractivity contribution in [3.8, 4) is 5.75 Å². The average Bonchev–Trinajstić information content (AvgIpc) is 3.10. The molecule has 1 aromatic carbocycles. The predicted molar refractivity (Wildman–Crippen MR) is 89.3 cm³/mol. The summed E-state index contributed by atoms with van der Waals surface area (Å²) in [6.07, 6.45) is 1.51. The van der Waals surface area contributed by atoms with E-state index in [0.717, 1.165) is 11.3 Å². The van der Waals surface area contributed by atoms with Gasteiger partial charge in [0.05, 0.1) is 26.0 Å². The third-order valence-corrected chi connectivity index (χ3v) is 3.64. The molecule has 0 spiro atoms. The van der Waals surface area contributed by atoms with Gasteiger partial charge in [0.15, 0.2) is 0 Å². The third kappa shape index (κ3) is 4.62. The lowest BCUT2D eigenvalue weighted by molar-refractivity contribution is -0.140. The molecule has 128 valence electrons. The summed E-state index contributed by atoms with van der Waals surface area (Å²) in [5, 5.41) is 5.31. The van der Waals surface area contributed by atoms with Gasteiger partial charge in [-0.1, -0.05) is 26.0 Å². The van der Waals surface area contributed by atoms with Gasteiger partial charge in [-0.05, 0) is 35.7 Å². The van der Waals surface area contributed by atoms with Crippen LogP contribution in [-0.2, 0) is 16.1 Å². The van der Waals surface area contributed by atoms with Crippen molar-refractivity contribution in [1.29, 1.82) is 0 Å². The Balaban J connectivity index is 1.98. The first-order valence-electron chi connectivity index (χ1n) is 7.76. The van der Waals surface area contributed by atoms with Gasteiger partial charge >= 0.3 is 11.8 Å². The quantitative estimate of drug-likeness (QED) is 0.797. The summed E-state index contributed by atoms with van der Waals surface area (Å²) in [6.45, 7) is 4.14. The first kappa shape index (κ1) is 17.6. The number of nitrogens with one attached hydrogen (secondary N) is 2. The molecule has 0 aliphatic rings. The van der Waals surface area contributed by atoms with E-state index in [1.165, 1.54) is 6.26 Å². The SMILES string of the molecule is COc1ccc(C(NC(=O)C(=O)NCc2ccco2)C(C)C)cc1. The van der Waals surface area contributed by atoms with Crippen molar-refractivity contribution in [3.63, 3.8) is 0 Å². The van der Waals surface area contributed by atoms with E-state index < -0.39 is 11.8 Å². The molecule has 1 unspecified atom stereocenters. The van der Waals surface area contributed by atoms with E-state index in [9.17, 15) is 9.59 Å². The lowest BCUT2D eigenvalue weighted by atomic mass is 9.96. The molecule has 2 rings (SSSR count). The standard InChI is InChI=1S/C18H22N2O4/c1-12(2)16(13-6-8-14(23-3)9-7-13)20-18(22)17(21)19-11-15-5-4-10-24-15/h4-10,12,16H,11H2,1-3H3,(H,19,21)(H,20,22). The highest BCUT2D eigenvalue weighted by atomic mass is 16.5. The number of amides is 2. The van der Waals surface area contributed by atoms with Crippen LogP contribution in [0.4, 0.5) is 0 Å². The summed E-state index contributed by atoms with van der Waals surface area (Å²) in [6, 6.07) is 10.6. The van der Waals surface area contributed by atoms with E-state index in [-0.39, 0.29) is 18.5 Å². The fraction of sp³-hybridized carbons (Fsp3) is 0.333. The Morgan fingerprint density at radius 2 is 1.83 bits per heavy atom. The normalized spacial score (nSPS) is 11.8. The van der Waals surface area contributed by atoms with E-state index >= 15 is 0 Å². The molecule has 2 N–H and O–H groups in total. The molecule has 6 nitrogen and oxygen atoms in total. The van der Waals surface area contributed by atoms with Crippen molar-refractivity contribution in [2.24, 2.45) is 5.92 Å². The molecule has 0 aliphatic carbocycles. The number of rotatable bonds is 6. The second-order valence-electron chi connectivity index (χ2n) is 5.73. The van der Waals surface area contributed by atoms with Gasteiger partial charge in [0, 0.05) is 0 Å². The van der Waals surface area contributed by atoms with Gasteiger partial charge in [0.2, 0.25) is 0 Å². The number of hydrogen-bond acceptors (Lipinski definition) is 4. The Kier molecular flexibility index (Phi) is 6.01. The molecule has 0 bridgehead atoms. The highest BCUT2D eigenvalue weighted by Crippen LogP contribution is 2.23. The lowest BCUT2D eigenvalue weighted by Gasteiger charge is -2.22. The van der Waals surface area contributed by atoms with E-state index in [0.29, 0.717) is 5.76 Å². The second kappa shape index (κ2) is 8.19. The molecular weight excluding hydrogens is 308 g/mol. The maximum absolute atomic E-state index is 12.1. The number of hydrogen-bond donors (Lipinski definition) is 2. The monoisotopic (exact) mass is 330 g/mol. The van der Waals surface area contributed by atoms with Crippen molar-refractivity contribution < 1.29 is 18.7 Å². The zero-order chi connectivity index (χ0) is 17.5. The molecule has 6 heteroatoms. The summed E-state index contributed by atoms with van der Waals surface area (Å²) >= 11 is 0. The van der Waals surface area contributed by atoms with Gasteiger partial charge in [0.1, 0.15) is 11.5 Å². The van der Waals surface area contributed by atoms with Crippen LogP contribution in [0.25, 0.3) is 0 Å². The first-order valence-corrected chi connectivity index (χ1v) is 7.76. The minimum atomic E-state index is -0.689. The molecule has 2 aromatic rings. The fourth-order valence-corrected chi connectivity index (χ4v) is 2.31. The van der Waals surface area contributed by atoms with Crippen molar-refractivity contribution in [2.45, 2.75) is 26.4 Å². The van der Waals surface area contributed by atoms with Gasteiger partial charge < -0.3 is 19.8 Å². The van der Waals surface area contributed by atoms with Crippen LogP contribution in [0, 0.1) is 5.92 Å². The zero-order valence-corrected chi connectivity index (χ0v) is 14.0. The maximum Gasteiger partial charge on any atom is 0.309 e. The molecule has 0 fully saturated rings. The minimum absolute atomic E-state index is 0.125. The third-order valence-electron chi connectivity index (χ3n) is 3.64. The predicted octanol–water partition coefficient (Wildman–Crippen LogP) is 2.42. The fourth-order valence-electron chi connectivity index (χ4n) is 2.31. The van der Waals surface area contributed by atoms with Crippen LogP contribution in [0.3, 0.4) is 0 Å². The molecule has 1 aromatic heterocycles. The average molecular weight is 330 g/mol. The number of furan rings is 1. The van der Waals surface area contributed by atoms with Gasteiger partial charge in [-0.25, -0.2) is 0 Å². The van der Waals surface area contributed by atoms with Crippen LogP contribution in [0.5, 0.6) is 5.75 Å². The Morgan fingerprint density at radius 3 is 2.38 bits per heavy atom. The topological polar surface area (TPSA) is 80.6 Å². The van der Waals surface area contributed by atoms with E-state index in [2.05, 4.69) is 10.6 Å². The molecule has 0 radical (unpaired) electrons. The van der Waals surface area contributed by atoms with Gasteiger partial charge in [-0.2, -0.15) is 0 Å². The molecule has 1 atom stereocenters. The molecular formula is C18H22N2O4. The van der Waals surface area contributed by atoms with Crippen molar-refractivity contribution in [1.82, 2.24) is 10.6 Å². The van der Waals surface area contributed by atoms with Crippen LogP contribution in [0.2, 0.25) is 0 Å². The number of methoxy groups -OCH3 is 1. The summed E-state index contributed by atoms with van der Waals surface area (Å²) in [5.74, 6) is 0.0948. The first-order chi connectivity index (χ1) is 11.5. The largest absolute Gasteiger partial charge is 0.497 e. The van der Waals surface area contributed by atoms with Crippen LogP contribution in [0.1, 0.15) is 31.2 Å². The van der Waals surface area contributed by atoms with E-state index in [1.807, 2.05) is 38.1 Å². The molecule has 24 heavy (non-hydrogen) atoms. The summed E-state index contributed by atoms with van der Waals surface area (Å²) in [4.78, 5) is 24.1. The second-order valence-corrected chi connectivity index (χ2v) is 5.73. The van der Waals surface area contributed by atoms with Crippen LogP contribution in [-0.4, -0.2) is 18.9 Å². The Morgan fingerprint density at radius 1 is 1.12 bits per heavy atom. The number of benzene rings is 1. The van der Waals surface area contributed by atoms with Gasteiger partial charge in [0.25, 0.3) is 0 Å². The molecule has 0 saturated heterocycles. The number of ether oxygens (including phenoxy) is 1. The Bertz CT molecular complexity index is 663. The maximum atomic E-state index is 12.1. The smallest absolute Gasteiger partial charge is 0.309 e. The number of carbonyl (C=O) groups excluding carboxylic acids is 2. The molecule has 1 heterocycles. The lowest BCUT2D eigenvalue weighted by Crippen LogP contribution is -2.42. The van der Waals surface area contributed by atoms with Crippen molar-refractivity contribution in [3.05, 3.63) is 54.0 Å². The zero-order valence-electron chi connectivity index (χ0n) is 14.0. The van der Waals surface area contributed by atoms with E-state index in [4.69, 9.17) is 9.15 Å². The minimum Gasteiger partial charge on any atom is -0.497 e. The molecule has 0 aliphatic heterocycles. The molecule has 0 saturated carbocycles. The summed E-state index contributed by atoms with van der Waals surface area (Å²) < 4.78 is 10.3. The molecule has 2 amide bonds.